The van der Waals surface area contributed by atoms with E-state index >= 15 is 0 Å². The van der Waals surface area contributed by atoms with E-state index in [-0.39, 0.29) is 5.69 Å². The van der Waals surface area contributed by atoms with E-state index in [0.29, 0.717) is 5.65 Å². The Kier molecular flexibility index (Phi) is 2.15. The van der Waals surface area contributed by atoms with Crippen LogP contribution in [0.1, 0.15) is 23.0 Å². The minimum Gasteiger partial charge on any atom is -0.477 e. The van der Waals surface area contributed by atoms with Crippen molar-refractivity contribution in [1.29, 1.82) is 0 Å². The van der Waals surface area contributed by atoms with Gasteiger partial charge in [-0.05, 0) is 18.1 Å². The third-order valence-electron chi connectivity index (χ3n) is 2.39. The maximum Gasteiger partial charge on any atom is 0.354 e. The first-order valence-electron chi connectivity index (χ1n) is 4.68. The summed E-state index contributed by atoms with van der Waals surface area (Å²) in [5, 5.41) is 13.9. The number of hydrogen-bond donors (Lipinski definition) is 1. The number of nitrogens with zero attached hydrogens (tertiary/aromatic N) is 3. The van der Waals surface area contributed by atoms with Gasteiger partial charge in [-0.2, -0.15) is 5.10 Å². The van der Waals surface area contributed by atoms with Crippen molar-refractivity contribution in [3.63, 3.8) is 0 Å². The Morgan fingerprint density at radius 1 is 1.60 bits per heavy atom. The van der Waals surface area contributed by atoms with E-state index in [1.807, 2.05) is 6.92 Å². The van der Waals surface area contributed by atoms with E-state index in [9.17, 15) is 4.79 Å². The molecule has 0 radical (unpaired) electrons. The number of carboxylic acid groups (broad SMARTS) is 1. The molecule has 0 aromatic carbocycles. The molecule has 1 N–H and O–H groups in total. The second kappa shape index (κ2) is 3.34. The summed E-state index contributed by atoms with van der Waals surface area (Å²) in [6.45, 7) is 1.98. The molecule has 2 aromatic heterocycles. The van der Waals surface area contributed by atoms with Crippen LogP contribution in [0.5, 0.6) is 0 Å². The van der Waals surface area contributed by atoms with E-state index in [0.717, 1.165) is 17.4 Å². The predicted octanol–water partition coefficient (Wildman–Crippen LogP) is 1.23. The Morgan fingerprint density at radius 3 is 2.93 bits per heavy atom. The summed E-state index contributed by atoms with van der Waals surface area (Å²) in [5.41, 5.74) is 1.65. The summed E-state index contributed by atoms with van der Waals surface area (Å²) in [5.74, 6) is -1.01. The van der Waals surface area contributed by atoms with Gasteiger partial charge in [0.2, 0.25) is 0 Å². The van der Waals surface area contributed by atoms with Crippen LogP contribution in [0.2, 0.25) is 0 Å². The first kappa shape index (κ1) is 9.64. The van der Waals surface area contributed by atoms with Crippen molar-refractivity contribution in [1.82, 2.24) is 14.8 Å². The van der Waals surface area contributed by atoms with Gasteiger partial charge in [0.05, 0.1) is 6.20 Å². The summed E-state index contributed by atoms with van der Waals surface area (Å²) in [7, 11) is 1.75. The number of carboxylic acids is 1. The van der Waals surface area contributed by atoms with Gasteiger partial charge in [0.1, 0.15) is 0 Å². The molecule has 2 heterocycles. The van der Waals surface area contributed by atoms with E-state index in [4.69, 9.17) is 5.11 Å². The van der Waals surface area contributed by atoms with Gasteiger partial charge in [0.25, 0.3) is 0 Å². The van der Waals surface area contributed by atoms with Gasteiger partial charge in [0, 0.05) is 12.4 Å². The molecule has 0 unspecified atom stereocenters. The Labute approximate surface area is 86.4 Å². The summed E-state index contributed by atoms with van der Waals surface area (Å²) in [6, 6.07) is 1.60. The molecule has 78 valence electrons. The van der Waals surface area contributed by atoms with Gasteiger partial charge in [-0.15, -0.1) is 0 Å². The van der Waals surface area contributed by atoms with Crippen molar-refractivity contribution >= 4 is 17.0 Å². The second-order valence-corrected chi connectivity index (χ2v) is 3.33. The summed E-state index contributed by atoms with van der Waals surface area (Å²) in [4.78, 5) is 14.9. The number of rotatable bonds is 2. The molecule has 0 spiro atoms. The molecular formula is C10H11N3O2. The Balaban J connectivity index is 2.79. The SMILES string of the molecule is CCc1cc(C(=O)O)nc2c1cnn2C. The van der Waals surface area contributed by atoms with Crippen LogP contribution in [0.4, 0.5) is 0 Å². The highest BCUT2D eigenvalue weighted by Crippen LogP contribution is 2.18. The van der Waals surface area contributed by atoms with Crippen molar-refractivity contribution in [2.75, 3.05) is 0 Å². The predicted molar refractivity (Wildman–Crippen MR) is 54.8 cm³/mol. The summed E-state index contributed by atoms with van der Waals surface area (Å²) >= 11 is 0. The number of fused-ring (bicyclic) bond motifs is 1. The molecule has 2 aromatic rings. The zero-order valence-electron chi connectivity index (χ0n) is 8.56. The third-order valence-corrected chi connectivity index (χ3v) is 2.39. The van der Waals surface area contributed by atoms with Gasteiger partial charge in [-0.3, -0.25) is 4.68 Å². The molecule has 5 heteroatoms. The molecule has 2 rings (SSSR count). The molecule has 15 heavy (non-hydrogen) atoms. The molecule has 0 saturated carbocycles. The third kappa shape index (κ3) is 1.45. The summed E-state index contributed by atoms with van der Waals surface area (Å²) < 4.78 is 1.58. The van der Waals surface area contributed by atoms with Gasteiger partial charge in [-0.25, -0.2) is 9.78 Å². The lowest BCUT2D eigenvalue weighted by Gasteiger charge is -2.01. The van der Waals surface area contributed by atoms with Gasteiger partial charge in [-0.1, -0.05) is 6.92 Å². The smallest absolute Gasteiger partial charge is 0.354 e. The lowest BCUT2D eigenvalue weighted by molar-refractivity contribution is 0.0690. The van der Waals surface area contributed by atoms with Crippen molar-refractivity contribution in [3.05, 3.63) is 23.5 Å². The van der Waals surface area contributed by atoms with Crippen molar-refractivity contribution in [2.24, 2.45) is 7.05 Å². The average molecular weight is 205 g/mol. The number of aromatic nitrogens is 3. The Bertz CT molecular complexity index is 531. The normalized spacial score (nSPS) is 10.8. The highest BCUT2D eigenvalue weighted by atomic mass is 16.4. The number of carbonyl (C=O) groups is 1. The van der Waals surface area contributed by atoms with E-state index in [2.05, 4.69) is 10.1 Å². The van der Waals surface area contributed by atoms with Crippen LogP contribution in [0, 0.1) is 0 Å². The average Bonchev–Trinajstić information content (AvgIpc) is 2.59. The number of aryl methyl sites for hydroxylation is 2. The molecule has 0 fully saturated rings. The quantitative estimate of drug-likeness (QED) is 0.800. The van der Waals surface area contributed by atoms with E-state index in [1.165, 1.54) is 0 Å². The topological polar surface area (TPSA) is 68.0 Å². The monoisotopic (exact) mass is 205 g/mol. The molecule has 0 aliphatic rings. The molecule has 0 bridgehead atoms. The molecule has 0 atom stereocenters. The lowest BCUT2D eigenvalue weighted by atomic mass is 10.1. The largest absolute Gasteiger partial charge is 0.477 e. The molecule has 0 aliphatic heterocycles. The van der Waals surface area contributed by atoms with Crippen molar-refractivity contribution in [3.8, 4) is 0 Å². The fourth-order valence-electron chi connectivity index (χ4n) is 1.58. The maximum atomic E-state index is 10.9. The van der Waals surface area contributed by atoms with Crippen LogP contribution in [-0.4, -0.2) is 25.8 Å². The van der Waals surface area contributed by atoms with Crippen LogP contribution in [0.3, 0.4) is 0 Å². The number of hydrogen-bond acceptors (Lipinski definition) is 3. The first-order valence-corrected chi connectivity index (χ1v) is 4.68. The van der Waals surface area contributed by atoms with Crippen LogP contribution >= 0.6 is 0 Å². The molecule has 0 amide bonds. The minimum atomic E-state index is -1.01. The molecular weight excluding hydrogens is 194 g/mol. The Morgan fingerprint density at radius 2 is 2.33 bits per heavy atom. The zero-order valence-corrected chi connectivity index (χ0v) is 8.56. The summed E-state index contributed by atoms with van der Waals surface area (Å²) in [6.07, 6.45) is 2.48. The van der Waals surface area contributed by atoms with E-state index < -0.39 is 5.97 Å². The maximum absolute atomic E-state index is 10.9. The van der Waals surface area contributed by atoms with Crippen molar-refractivity contribution in [2.45, 2.75) is 13.3 Å². The first-order chi connectivity index (χ1) is 7.13. The standard InChI is InChI=1S/C10H11N3O2/c1-3-6-4-8(10(14)15)12-9-7(6)5-11-13(9)2/h4-5H,3H2,1-2H3,(H,14,15). The van der Waals surface area contributed by atoms with Crippen LogP contribution in [0.25, 0.3) is 11.0 Å². The van der Waals surface area contributed by atoms with Crippen LogP contribution in [-0.2, 0) is 13.5 Å². The second-order valence-electron chi connectivity index (χ2n) is 3.33. The van der Waals surface area contributed by atoms with E-state index in [1.54, 1.807) is 24.0 Å². The fourth-order valence-corrected chi connectivity index (χ4v) is 1.58. The highest BCUT2D eigenvalue weighted by molar-refractivity contribution is 5.90. The number of aromatic carboxylic acids is 1. The minimum absolute atomic E-state index is 0.0722. The van der Waals surface area contributed by atoms with Crippen LogP contribution < -0.4 is 0 Å². The van der Waals surface area contributed by atoms with Crippen molar-refractivity contribution < 1.29 is 9.90 Å². The Hall–Kier alpha value is -1.91. The molecule has 5 nitrogen and oxygen atoms in total. The van der Waals surface area contributed by atoms with Gasteiger partial charge >= 0.3 is 5.97 Å². The fraction of sp³-hybridized carbons (Fsp3) is 0.300. The lowest BCUT2D eigenvalue weighted by Crippen LogP contribution is -2.03. The van der Waals surface area contributed by atoms with Crippen LogP contribution in [0.15, 0.2) is 12.3 Å². The van der Waals surface area contributed by atoms with Gasteiger partial charge in [0.15, 0.2) is 11.3 Å². The number of pyridine rings is 1. The molecule has 0 saturated heterocycles. The highest BCUT2D eigenvalue weighted by Gasteiger charge is 2.12. The zero-order chi connectivity index (χ0) is 11.0. The molecule has 0 aliphatic carbocycles. The van der Waals surface area contributed by atoms with Gasteiger partial charge < -0.3 is 5.11 Å².